The molecule has 7 nitrogen and oxygen atoms in total. The molecule has 0 spiro atoms. The summed E-state index contributed by atoms with van der Waals surface area (Å²) in [4.78, 5) is 25.5. The van der Waals surface area contributed by atoms with Gasteiger partial charge in [-0.05, 0) is 50.6 Å². The Morgan fingerprint density at radius 2 is 2.03 bits per heavy atom. The number of nitrogen functional groups attached to an aromatic ring is 1. The van der Waals surface area contributed by atoms with Gasteiger partial charge < -0.3 is 16.4 Å². The minimum absolute atomic E-state index is 0.0226. The summed E-state index contributed by atoms with van der Waals surface area (Å²) in [5.74, 6) is 0.0163. The molecule has 1 amide bonds. The zero-order valence-corrected chi connectivity index (χ0v) is 17.6. The van der Waals surface area contributed by atoms with Crippen LogP contribution in [0.4, 0.5) is 24.7 Å². The molecule has 2 aliphatic heterocycles. The third-order valence-corrected chi connectivity index (χ3v) is 5.51. The third-order valence-electron chi connectivity index (χ3n) is 5.51. The van der Waals surface area contributed by atoms with Gasteiger partial charge in [0.1, 0.15) is 11.6 Å². The van der Waals surface area contributed by atoms with Crippen molar-refractivity contribution in [3.05, 3.63) is 57.5 Å². The van der Waals surface area contributed by atoms with Crippen LogP contribution in [0.1, 0.15) is 36.3 Å². The van der Waals surface area contributed by atoms with Gasteiger partial charge in [-0.15, -0.1) is 0 Å². The van der Waals surface area contributed by atoms with Gasteiger partial charge in [0, 0.05) is 12.2 Å². The van der Waals surface area contributed by atoms with Crippen LogP contribution in [0.15, 0.2) is 34.8 Å². The van der Waals surface area contributed by atoms with E-state index in [-0.39, 0.29) is 17.1 Å². The van der Waals surface area contributed by atoms with E-state index in [0.717, 1.165) is 30.7 Å². The number of carbonyl (C=O) groups is 1. The van der Waals surface area contributed by atoms with Crippen LogP contribution >= 0.6 is 0 Å². The molecule has 4 rings (SSSR count). The number of anilines is 2. The van der Waals surface area contributed by atoms with Crippen LogP contribution in [0.5, 0.6) is 0 Å². The fraction of sp³-hybridized carbons (Fsp3) is 0.364. The first-order chi connectivity index (χ1) is 15.1. The third kappa shape index (κ3) is 4.50. The Balaban J connectivity index is 1.74. The van der Waals surface area contributed by atoms with Crippen LogP contribution in [0, 0.1) is 12.8 Å². The number of alkyl halides is 3. The quantitative estimate of drug-likeness (QED) is 0.492. The molecule has 2 atom stereocenters. The van der Waals surface area contributed by atoms with E-state index in [1.165, 1.54) is 6.07 Å². The molecule has 2 aromatic rings. The highest BCUT2D eigenvalue weighted by molar-refractivity contribution is 5.89. The van der Waals surface area contributed by atoms with E-state index < -0.39 is 23.7 Å². The molecule has 0 bridgehead atoms. The predicted octanol–water partition coefficient (Wildman–Crippen LogP) is 2.04. The van der Waals surface area contributed by atoms with Crippen molar-refractivity contribution in [1.82, 2.24) is 15.3 Å². The summed E-state index contributed by atoms with van der Waals surface area (Å²) in [6, 6.07) is 2.92. The van der Waals surface area contributed by atoms with Crippen molar-refractivity contribution >= 4 is 23.5 Å². The lowest BCUT2D eigenvalue weighted by atomic mass is 9.91. The molecule has 0 saturated carbocycles. The lowest BCUT2D eigenvalue weighted by molar-refractivity contribution is -0.137. The van der Waals surface area contributed by atoms with E-state index in [9.17, 15) is 18.0 Å². The molecule has 1 aromatic heterocycles. The Labute approximate surface area is 182 Å². The van der Waals surface area contributed by atoms with Gasteiger partial charge in [-0.3, -0.25) is 4.79 Å². The highest BCUT2D eigenvalue weighted by atomic mass is 19.4. The second-order valence-corrected chi connectivity index (χ2v) is 7.94. The summed E-state index contributed by atoms with van der Waals surface area (Å²) in [6.07, 6.45) is 0.000564. The first kappa shape index (κ1) is 21.9. The lowest BCUT2D eigenvalue weighted by Gasteiger charge is -2.22. The molecule has 32 heavy (non-hydrogen) atoms. The van der Waals surface area contributed by atoms with E-state index >= 15 is 0 Å². The summed E-state index contributed by atoms with van der Waals surface area (Å²) in [5, 5.41) is 6.94. The van der Waals surface area contributed by atoms with Crippen LogP contribution in [0.25, 0.3) is 6.08 Å². The van der Waals surface area contributed by atoms with E-state index in [2.05, 4.69) is 25.6 Å². The number of nitrogens with one attached hydrogen (secondary N) is 2. The number of carbonyl (C=O) groups excluding carboxylic acids is 1. The normalized spacial score (nSPS) is 19.3. The fourth-order valence-corrected chi connectivity index (χ4v) is 3.89. The van der Waals surface area contributed by atoms with Crippen LogP contribution in [0.2, 0.25) is 0 Å². The van der Waals surface area contributed by atoms with Gasteiger partial charge in [0.05, 0.1) is 22.7 Å². The van der Waals surface area contributed by atoms with Crippen molar-refractivity contribution in [2.45, 2.75) is 32.5 Å². The minimum Gasteiger partial charge on any atom is -0.399 e. The van der Waals surface area contributed by atoms with Crippen molar-refractivity contribution in [3.8, 4) is 0 Å². The second-order valence-electron chi connectivity index (χ2n) is 7.94. The highest BCUT2D eigenvalue weighted by Gasteiger charge is 2.31. The van der Waals surface area contributed by atoms with E-state index in [1.54, 1.807) is 19.9 Å². The number of nitrogens with zero attached hydrogens (tertiary/aromatic N) is 3. The molecule has 1 unspecified atom stereocenters. The van der Waals surface area contributed by atoms with Crippen molar-refractivity contribution in [2.75, 3.05) is 24.1 Å². The number of hydrogen-bond donors (Lipinski definition) is 3. The largest absolute Gasteiger partial charge is 0.416 e. The van der Waals surface area contributed by atoms with Gasteiger partial charge in [-0.1, -0.05) is 17.7 Å². The Bertz CT molecular complexity index is 1220. The predicted molar refractivity (Wildman–Crippen MR) is 114 cm³/mol. The van der Waals surface area contributed by atoms with E-state index in [1.807, 2.05) is 6.08 Å². The maximum Gasteiger partial charge on any atom is 0.416 e. The summed E-state index contributed by atoms with van der Waals surface area (Å²) < 4.78 is 39.7. The molecular weight excluding hydrogens is 421 g/mol. The average molecular weight is 444 g/mol. The molecule has 4 N–H and O–H groups in total. The lowest BCUT2D eigenvalue weighted by Crippen LogP contribution is -2.40. The van der Waals surface area contributed by atoms with Crippen LogP contribution in [-0.4, -0.2) is 29.0 Å². The van der Waals surface area contributed by atoms with Gasteiger partial charge in [-0.25, -0.2) is 9.97 Å². The van der Waals surface area contributed by atoms with Crippen LogP contribution in [0.3, 0.4) is 0 Å². The fourth-order valence-electron chi connectivity index (χ4n) is 3.89. The van der Waals surface area contributed by atoms with Gasteiger partial charge in [0.15, 0.2) is 5.49 Å². The monoisotopic (exact) mass is 444 g/mol. The zero-order chi connectivity index (χ0) is 23.0. The van der Waals surface area contributed by atoms with E-state index in [0.29, 0.717) is 29.0 Å². The number of aromatic nitrogens is 2. The maximum absolute atomic E-state index is 13.2. The number of halogens is 3. The summed E-state index contributed by atoms with van der Waals surface area (Å²) in [6.45, 7) is 4.85. The average Bonchev–Trinajstić information content (AvgIpc) is 2.72. The molecule has 2 aliphatic rings. The van der Waals surface area contributed by atoms with Gasteiger partial charge in [0.2, 0.25) is 0 Å². The Kier molecular flexibility index (Phi) is 5.72. The molecule has 0 aliphatic carbocycles. The SMILES string of the molecule is Cc1nc(N[C@H](C)c2cc(N)cc(C(F)(F)F)c2)c2c(n1)=NC(=O)C(C1=CCNCC1)C=2. The number of rotatable bonds is 4. The molecular formula is C22H23F3N6O. The molecule has 1 aromatic carbocycles. The summed E-state index contributed by atoms with van der Waals surface area (Å²) >= 11 is 0. The Morgan fingerprint density at radius 1 is 1.25 bits per heavy atom. The van der Waals surface area contributed by atoms with Crippen LogP contribution < -0.4 is 27.1 Å². The van der Waals surface area contributed by atoms with Gasteiger partial charge >= 0.3 is 6.18 Å². The van der Waals surface area contributed by atoms with Crippen molar-refractivity contribution in [3.63, 3.8) is 0 Å². The van der Waals surface area contributed by atoms with Gasteiger partial charge in [0.25, 0.3) is 5.91 Å². The number of aryl methyl sites for hydroxylation is 1. The maximum atomic E-state index is 13.2. The van der Waals surface area contributed by atoms with Crippen molar-refractivity contribution in [1.29, 1.82) is 0 Å². The summed E-state index contributed by atoms with van der Waals surface area (Å²) in [7, 11) is 0. The number of amides is 1. The smallest absolute Gasteiger partial charge is 0.399 e. The minimum atomic E-state index is -4.50. The number of fused-ring (bicyclic) bond motifs is 1. The highest BCUT2D eigenvalue weighted by Crippen LogP contribution is 2.33. The number of benzene rings is 1. The standard InChI is InChI=1S/C22H23F3N6O/c1-11(14-7-15(22(23,24)25)9-16(26)8-14)28-19-18-10-17(13-3-5-27-6-4-13)21(32)31-20(18)30-12(2)29-19/h3,7-11,17,27H,4-6,26H2,1-2H3,(H,28,29,30,31,32)/t11-,17?/m1/s1. The molecule has 0 radical (unpaired) electrons. The molecule has 168 valence electrons. The molecule has 3 heterocycles. The molecule has 0 saturated heterocycles. The number of nitrogens with two attached hydrogens (primary N) is 1. The molecule has 10 heteroatoms. The first-order valence-electron chi connectivity index (χ1n) is 10.2. The van der Waals surface area contributed by atoms with Gasteiger partial charge in [-0.2, -0.15) is 18.2 Å². The molecule has 0 fully saturated rings. The van der Waals surface area contributed by atoms with Crippen molar-refractivity contribution < 1.29 is 18.0 Å². The number of hydrogen-bond acceptors (Lipinski definition) is 6. The van der Waals surface area contributed by atoms with Crippen LogP contribution in [-0.2, 0) is 11.0 Å². The Hall–Kier alpha value is -3.27. The zero-order valence-electron chi connectivity index (χ0n) is 17.6. The second kappa shape index (κ2) is 8.34. The summed E-state index contributed by atoms with van der Waals surface area (Å²) in [5.41, 5.74) is 6.53. The topological polar surface area (TPSA) is 105 Å². The van der Waals surface area contributed by atoms with E-state index in [4.69, 9.17) is 5.73 Å². The first-order valence-corrected chi connectivity index (χ1v) is 10.2. The Morgan fingerprint density at radius 3 is 2.72 bits per heavy atom. The van der Waals surface area contributed by atoms with Crippen molar-refractivity contribution in [2.24, 2.45) is 10.9 Å².